The van der Waals surface area contributed by atoms with Crippen LogP contribution in [0.15, 0.2) is 24.3 Å². The fourth-order valence-electron chi connectivity index (χ4n) is 1.12. The van der Waals surface area contributed by atoms with Crippen LogP contribution < -0.4 is 5.32 Å². The van der Waals surface area contributed by atoms with Gasteiger partial charge in [0.15, 0.2) is 0 Å². The monoisotopic (exact) mass is 349 g/mol. The van der Waals surface area contributed by atoms with E-state index in [4.69, 9.17) is 0 Å². The van der Waals surface area contributed by atoms with Crippen LogP contribution in [0.5, 0.6) is 0 Å². The predicted octanol–water partition coefficient (Wildman–Crippen LogP) is 0.568. The third-order valence-corrected chi connectivity index (χ3v) is 1.64. The van der Waals surface area contributed by atoms with Crippen molar-refractivity contribution in [2.75, 3.05) is 0 Å². The summed E-state index contributed by atoms with van der Waals surface area (Å²) in [6, 6.07) is 6.74. The third kappa shape index (κ3) is 1.29. The molecule has 56 valence electrons. The van der Waals surface area contributed by atoms with E-state index >= 15 is 0 Å². The molecule has 1 N–H and O–H groups in total. The molecule has 0 saturated carbocycles. The number of amides is 2. The summed E-state index contributed by atoms with van der Waals surface area (Å²) >= 11 is 0. The fourth-order valence-corrected chi connectivity index (χ4v) is 1.12. The molecule has 0 bridgehead atoms. The minimum Gasteiger partial charge on any atom is -0.288 e. The molecule has 1 aliphatic rings. The third-order valence-electron chi connectivity index (χ3n) is 1.64. The Morgan fingerprint density at radius 3 is 1.75 bits per heavy atom. The molecule has 4 heteroatoms. The molecule has 1 aliphatic heterocycles. The Balaban J connectivity index is 0.000000720. The number of fused-ring (bicyclic) bond motifs is 1. The maximum Gasteiger partial charge on any atom is 0.258 e. The standard InChI is InChI=1S/C8H5NO2.Hg/c10-7-5-3-1-2-4-6(5)8(11)9-7;/h1-4H,(H,9,10,11);. The summed E-state index contributed by atoms with van der Waals surface area (Å²) in [6.07, 6.45) is 0. The summed E-state index contributed by atoms with van der Waals surface area (Å²) in [4.78, 5) is 21.9. The number of imide groups is 1. The average Bonchev–Trinajstić information content (AvgIpc) is 2.30. The van der Waals surface area contributed by atoms with Crippen LogP contribution in [-0.4, -0.2) is 11.8 Å². The molecule has 0 radical (unpaired) electrons. The van der Waals surface area contributed by atoms with Crippen LogP contribution in [-0.2, 0) is 27.7 Å². The van der Waals surface area contributed by atoms with Gasteiger partial charge in [-0.2, -0.15) is 0 Å². The molecular formula is C8H5HgNO2. The fraction of sp³-hybridized carbons (Fsp3) is 0. The van der Waals surface area contributed by atoms with Gasteiger partial charge in [-0.3, -0.25) is 14.9 Å². The first-order valence-corrected chi connectivity index (χ1v) is 3.24. The van der Waals surface area contributed by atoms with E-state index in [1.807, 2.05) is 0 Å². The predicted molar refractivity (Wildman–Crippen MR) is 38.2 cm³/mol. The van der Waals surface area contributed by atoms with Gasteiger partial charge in [0, 0.05) is 27.7 Å². The van der Waals surface area contributed by atoms with E-state index in [0.717, 1.165) is 0 Å². The van der Waals surface area contributed by atoms with Crippen molar-refractivity contribution in [3.05, 3.63) is 35.4 Å². The van der Waals surface area contributed by atoms with E-state index in [9.17, 15) is 9.59 Å². The van der Waals surface area contributed by atoms with Crippen LogP contribution in [0.4, 0.5) is 0 Å². The Morgan fingerprint density at radius 1 is 0.917 bits per heavy atom. The van der Waals surface area contributed by atoms with Gasteiger partial charge in [-0.1, -0.05) is 12.1 Å². The summed E-state index contributed by atoms with van der Waals surface area (Å²) in [5, 5.41) is 2.20. The second kappa shape index (κ2) is 3.35. The van der Waals surface area contributed by atoms with Gasteiger partial charge in [0.25, 0.3) is 11.8 Å². The van der Waals surface area contributed by atoms with Gasteiger partial charge >= 0.3 is 0 Å². The Labute approximate surface area is 89.7 Å². The van der Waals surface area contributed by atoms with Gasteiger partial charge in [0.05, 0.1) is 11.1 Å². The van der Waals surface area contributed by atoms with Crippen molar-refractivity contribution in [2.24, 2.45) is 0 Å². The van der Waals surface area contributed by atoms with Crippen LogP contribution in [0.3, 0.4) is 0 Å². The number of hydrogen-bond donors (Lipinski definition) is 1. The topological polar surface area (TPSA) is 46.2 Å². The van der Waals surface area contributed by atoms with E-state index < -0.39 is 0 Å². The van der Waals surface area contributed by atoms with Crippen molar-refractivity contribution >= 4 is 11.8 Å². The number of hydrogen-bond acceptors (Lipinski definition) is 2. The smallest absolute Gasteiger partial charge is 0.258 e. The van der Waals surface area contributed by atoms with Gasteiger partial charge < -0.3 is 0 Å². The molecule has 0 aliphatic carbocycles. The quantitative estimate of drug-likeness (QED) is 0.551. The van der Waals surface area contributed by atoms with Crippen molar-refractivity contribution < 1.29 is 37.3 Å². The molecule has 0 fully saturated rings. The molecule has 0 unspecified atom stereocenters. The molecule has 12 heavy (non-hydrogen) atoms. The van der Waals surface area contributed by atoms with E-state index in [2.05, 4.69) is 5.32 Å². The number of carbonyl (C=O) groups is 2. The van der Waals surface area contributed by atoms with Crippen LogP contribution in [0.1, 0.15) is 20.7 Å². The van der Waals surface area contributed by atoms with Gasteiger partial charge in [-0.05, 0) is 12.1 Å². The SMILES string of the molecule is O=C1NC(=O)c2ccccc21.[Hg]. The van der Waals surface area contributed by atoms with E-state index in [0.29, 0.717) is 11.1 Å². The van der Waals surface area contributed by atoms with Crippen molar-refractivity contribution in [2.45, 2.75) is 0 Å². The zero-order valence-electron chi connectivity index (χ0n) is 6.33. The Bertz CT molecular complexity index is 316. The molecule has 0 spiro atoms. The maximum atomic E-state index is 10.9. The summed E-state index contributed by atoms with van der Waals surface area (Å²) < 4.78 is 0. The zero-order valence-corrected chi connectivity index (χ0v) is 11.8. The number of carbonyl (C=O) groups excluding carboxylic acids is 2. The van der Waals surface area contributed by atoms with Crippen molar-refractivity contribution in [3.63, 3.8) is 0 Å². The summed E-state index contributed by atoms with van der Waals surface area (Å²) in [5.41, 5.74) is 0.940. The van der Waals surface area contributed by atoms with Gasteiger partial charge in [-0.25, -0.2) is 0 Å². The van der Waals surface area contributed by atoms with E-state index in [1.165, 1.54) is 0 Å². The zero-order chi connectivity index (χ0) is 7.84. The minimum atomic E-state index is -0.300. The second-order valence-electron chi connectivity index (χ2n) is 2.33. The summed E-state index contributed by atoms with van der Waals surface area (Å²) in [7, 11) is 0. The molecule has 3 nitrogen and oxygen atoms in total. The van der Waals surface area contributed by atoms with Crippen LogP contribution >= 0.6 is 0 Å². The molecule has 0 aromatic heterocycles. The van der Waals surface area contributed by atoms with Gasteiger partial charge in [0.1, 0.15) is 0 Å². The van der Waals surface area contributed by atoms with Crippen molar-refractivity contribution in [1.82, 2.24) is 5.32 Å². The minimum absolute atomic E-state index is 0. The summed E-state index contributed by atoms with van der Waals surface area (Å²) in [6.45, 7) is 0. The Hall–Kier alpha value is -0.705. The number of benzene rings is 1. The average molecular weight is 348 g/mol. The van der Waals surface area contributed by atoms with Gasteiger partial charge in [-0.15, -0.1) is 0 Å². The van der Waals surface area contributed by atoms with E-state index in [-0.39, 0.29) is 39.5 Å². The van der Waals surface area contributed by atoms with Crippen LogP contribution in [0, 0.1) is 0 Å². The Kier molecular flexibility index (Phi) is 2.62. The number of rotatable bonds is 0. The molecule has 0 atom stereocenters. The first-order chi connectivity index (χ1) is 5.29. The van der Waals surface area contributed by atoms with Crippen LogP contribution in [0.25, 0.3) is 0 Å². The molecule has 1 aromatic rings. The molecule has 0 saturated heterocycles. The van der Waals surface area contributed by atoms with Gasteiger partial charge in [0.2, 0.25) is 0 Å². The molecule has 1 aromatic carbocycles. The summed E-state index contributed by atoms with van der Waals surface area (Å²) in [5.74, 6) is -0.601. The van der Waals surface area contributed by atoms with Crippen molar-refractivity contribution in [3.8, 4) is 0 Å². The molecular weight excluding hydrogens is 343 g/mol. The van der Waals surface area contributed by atoms with E-state index in [1.54, 1.807) is 24.3 Å². The molecule has 2 rings (SSSR count). The largest absolute Gasteiger partial charge is 0.288 e. The number of nitrogens with one attached hydrogen (secondary N) is 1. The van der Waals surface area contributed by atoms with Crippen LogP contribution in [0.2, 0.25) is 0 Å². The maximum absolute atomic E-state index is 10.9. The molecule has 1 heterocycles. The Morgan fingerprint density at radius 2 is 1.33 bits per heavy atom. The first-order valence-electron chi connectivity index (χ1n) is 3.24. The normalized spacial score (nSPS) is 13.3. The van der Waals surface area contributed by atoms with Crippen molar-refractivity contribution in [1.29, 1.82) is 0 Å². The second-order valence-corrected chi connectivity index (χ2v) is 2.33. The first kappa shape index (κ1) is 9.38. The molecule has 2 amide bonds.